The van der Waals surface area contributed by atoms with E-state index in [0.29, 0.717) is 6.54 Å². The molecule has 0 aromatic rings. The van der Waals surface area contributed by atoms with Gasteiger partial charge in [0.2, 0.25) is 0 Å². The van der Waals surface area contributed by atoms with E-state index in [1.807, 2.05) is 0 Å². The molecule has 0 spiro atoms. The minimum atomic E-state index is -1.02. The lowest BCUT2D eigenvalue weighted by atomic mass is 10.6. The van der Waals surface area contributed by atoms with Crippen LogP contribution in [-0.4, -0.2) is 34.4 Å². The number of carbonyl (C=O) groups is 1. The topological polar surface area (TPSA) is 60.8 Å². The molecule has 0 amide bonds. The van der Waals surface area contributed by atoms with Gasteiger partial charge in [-0.25, -0.2) is 0 Å². The number of likely N-dealkylation sites (N-methyl/N-ethyl adjacent to an activating group) is 1. The van der Waals surface area contributed by atoms with Gasteiger partial charge < -0.3 is 10.3 Å². The summed E-state index contributed by atoms with van der Waals surface area (Å²) in [5.74, 6) is -1.02. The molecule has 0 aliphatic carbocycles. The Morgan fingerprint density at radius 3 is 2.38 bits per heavy atom. The molecule has 0 aromatic carbocycles. The van der Waals surface area contributed by atoms with E-state index in [2.05, 4.69) is 0 Å². The number of hydrogen-bond acceptors (Lipinski definition) is 3. The molecular formula is C4H9NO3. The largest absolute Gasteiger partial charge is 0.480 e. The second-order valence-electron chi connectivity index (χ2n) is 1.37. The highest BCUT2D eigenvalue weighted by atomic mass is 16.5. The maximum absolute atomic E-state index is 9.77. The second-order valence-corrected chi connectivity index (χ2v) is 1.37. The summed E-state index contributed by atoms with van der Waals surface area (Å²) in [5.41, 5.74) is 0. The zero-order valence-corrected chi connectivity index (χ0v) is 4.66. The molecule has 0 rings (SSSR count). The number of carboxylic acid groups (broad SMARTS) is 1. The average Bonchev–Trinajstić information content (AvgIpc) is 1.65. The average molecular weight is 119 g/mol. The maximum Gasteiger partial charge on any atom is 0.320 e. The first-order valence-corrected chi connectivity index (χ1v) is 2.32. The van der Waals surface area contributed by atoms with Gasteiger partial charge in [0.05, 0.1) is 0 Å². The van der Waals surface area contributed by atoms with Crippen molar-refractivity contribution in [3.63, 3.8) is 0 Å². The number of aliphatic carboxylic acids is 1. The number of carboxylic acids is 1. The monoisotopic (exact) mass is 119 g/mol. The lowest BCUT2D eigenvalue weighted by Crippen LogP contribution is -2.25. The molecule has 0 saturated heterocycles. The van der Waals surface area contributed by atoms with E-state index in [9.17, 15) is 4.79 Å². The zero-order valence-electron chi connectivity index (χ0n) is 4.66. The van der Waals surface area contributed by atoms with Crippen LogP contribution in [0.3, 0.4) is 0 Å². The first-order chi connectivity index (χ1) is 3.66. The highest BCUT2D eigenvalue weighted by molar-refractivity contribution is 5.68. The van der Waals surface area contributed by atoms with Gasteiger partial charge in [0.25, 0.3) is 0 Å². The lowest BCUT2D eigenvalue weighted by molar-refractivity contribution is -0.152. The summed E-state index contributed by atoms with van der Waals surface area (Å²) in [5, 5.41) is 17.2. The Kier molecular flexibility index (Phi) is 3.14. The van der Waals surface area contributed by atoms with E-state index in [4.69, 9.17) is 10.3 Å². The van der Waals surface area contributed by atoms with E-state index >= 15 is 0 Å². The van der Waals surface area contributed by atoms with Gasteiger partial charge in [-0.05, 0) is 0 Å². The van der Waals surface area contributed by atoms with Gasteiger partial charge in [-0.1, -0.05) is 6.92 Å². The summed E-state index contributed by atoms with van der Waals surface area (Å²) >= 11 is 0. The summed E-state index contributed by atoms with van der Waals surface area (Å²) in [6.07, 6.45) is 0. The lowest BCUT2D eigenvalue weighted by Gasteiger charge is -2.06. The third kappa shape index (κ3) is 3.58. The molecule has 0 fully saturated rings. The van der Waals surface area contributed by atoms with Gasteiger partial charge in [0.1, 0.15) is 6.54 Å². The Morgan fingerprint density at radius 1 is 1.75 bits per heavy atom. The van der Waals surface area contributed by atoms with Crippen molar-refractivity contribution >= 4 is 5.97 Å². The van der Waals surface area contributed by atoms with Gasteiger partial charge in [-0.2, -0.15) is 5.06 Å². The smallest absolute Gasteiger partial charge is 0.320 e. The summed E-state index contributed by atoms with van der Waals surface area (Å²) in [7, 11) is 0. The molecule has 2 N–H and O–H groups in total. The third-order valence-electron chi connectivity index (χ3n) is 0.683. The molecule has 4 heteroatoms. The van der Waals surface area contributed by atoms with Crippen LogP contribution in [0.1, 0.15) is 6.92 Å². The zero-order chi connectivity index (χ0) is 6.57. The minimum Gasteiger partial charge on any atom is -0.480 e. The van der Waals surface area contributed by atoms with E-state index in [0.717, 1.165) is 5.06 Å². The summed E-state index contributed by atoms with van der Waals surface area (Å²) in [4.78, 5) is 9.77. The van der Waals surface area contributed by atoms with Crippen LogP contribution < -0.4 is 0 Å². The number of nitrogens with zero attached hydrogens (tertiary/aromatic N) is 1. The standard InChI is InChI=1S/C4H9NO3/c1-2-5(8)3-4(6)7/h8H,2-3H2,1H3,(H,6,7). The van der Waals surface area contributed by atoms with Gasteiger partial charge in [0, 0.05) is 6.54 Å². The molecule has 48 valence electrons. The van der Waals surface area contributed by atoms with E-state index in [-0.39, 0.29) is 6.54 Å². The molecule has 0 aliphatic heterocycles. The molecule has 8 heavy (non-hydrogen) atoms. The maximum atomic E-state index is 9.77. The fourth-order valence-corrected chi connectivity index (χ4v) is 0.268. The van der Waals surface area contributed by atoms with Gasteiger partial charge in [-0.15, -0.1) is 0 Å². The molecule has 0 radical (unpaired) electrons. The van der Waals surface area contributed by atoms with E-state index in [1.54, 1.807) is 6.92 Å². The molecule has 4 nitrogen and oxygen atoms in total. The van der Waals surface area contributed by atoms with Crippen LogP contribution in [0.4, 0.5) is 0 Å². The van der Waals surface area contributed by atoms with Crippen molar-refractivity contribution in [2.75, 3.05) is 13.1 Å². The van der Waals surface area contributed by atoms with E-state index in [1.165, 1.54) is 0 Å². The van der Waals surface area contributed by atoms with Crippen molar-refractivity contribution in [2.45, 2.75) is 6.92 Å². The molecule has 0 aliphatic rings. The molecular weight excluding hydrogens is 110 g/mol. The molecule has 0 saturated carbocycles. The quantitative estimate of drug-likeness (QED) is 0.504. The highest BCUT2D eigenvalue weighted by Gasteiger charge is 2.00. The van der Waals surface area contributed by atoms with Crippen molar-refractivity contribution in [3.05, 3.63) is 0 Å². The highest BCUT2D eigenvalue weighted by Crippen LogP contribution is 1.76. The summed E-state index contributed by atoms with van der Waals surface area (Å²) in [6.45, 7) is 1.70. The number of hydrogen-bond donors (Lipinski definition) is 2. The molecule has 0 bridgehead atoms. The van der Waals surface area contributed by atoms with E-state index < -0.39 is 5.97 Å². The molecule has 0 aromatic heterocycles. The Labute approximate surface area is 47.3 Å². The molecule has 0 unspecified atom stereocenters. The normalized spacial score (nSPS) is 9.88. The summed E-state index contributed by atoms with van der Waals surface area (Å²) in [6, 6.07) is 0. The van der Waals surface area contributed by atoms with Crippen LogP contribution in [0.25, 0.3) is 0 Å². The SMILES string of the molecule is CCN(O)CC(=O)O. The first kappa shape index (κ1) is 7.39. The van der Waals surface area contributed by atoms with Gasteiger partial charge in [0.15, 0.2) is 0 Å². The Balaban J connectivity index is 3.24. The first-order valence-electron chi connectivity index (χ1n) is 2.32. The van der Waals surface area contributed by atoms with Crippen molar-refractivity contribution in [2.24, 2.45) is 0 Å². The van der Waals surface area contributed by atoms with Crippen molar-refractivity contribution in [1.82, 2.24) is 5.06 Å². The van der Waals surface area contributed by atoms with Crippen LogP contribution in [0.2, 0.25) is 0 Å². The number of hydroxylamine groups is 2. The van der Waals surface area contributed by atoms with Crippen LogP contribution >= 0.6 is 0 Å². The van der Waals surface area contributed by atoms with Crippen LogP contribution in [0.5, 0.6) is 0 Å². The summed E-state index contributed by atoms with van der Waals surface area (Å²) < 4.78 is 0. The van der Waals surface area contributed by atoms with Crippen molar-refractivity contribution in [1.29, 1.82) is 0 Å². The Morgan fingerprint density at radius 2 is 2.25 bits per heavy atom. The van der Waals surface area contributed by atoms with Gasteiger partial charge in [-0.3, -0.25) is 4.79 Å². The third-order valence-corrected chi connectivity index (χ3v) is 0.683. The fourth-order valence-electron chi connectivity index (χ4n) is 0.268. The van der Waals surface area contributed by atoms with Crippen LogP contribution in [0.15, 0.2) is 0 Å². The predicted octanol–water partition coefficient (Wildman–Crippen LogP) is -0.218. The van der Waals surface area contributed by atoms with Gasteiger partial charge >= 0.3 is 5.97 Å². The Bertz CT molecular complexity index is 83.4. The fraction of sp³-hybridized carbons (Fsp3) is 0.750. The predicted molar refractivity (Wildman–Crippen MR) is 26.7 cm³/mol. The van der Waals surface area contributed by atoms with Crippen LogP contribution in [-0.2, 0) is 4.79 Å². The minimum absolute atomic E-state index is 0.309. The number of rotatable bonds is 3. The van der Waals surface area contributed by atoms with Crippen molar-refractivity contribution in [3.8, 4) is 0 Å². The van der Waals surface area contributed by atoms with Crippen LogP contribution in [0, 0.1) is 0 Å². The van der Waals surface area contributed by atoms with Crippen molar-refractivity contribution < 1.29 is 15.1 Å². The molecule has 0 heterocycles. The Hall–Kier alpha value is -0.610. The molecule has 0 atom stereocenters. The second kappa shape index (κ2) is 3.40.